The summed E-state index contributed by atoms with van der Waals surface area (Å²) in [6, 6.07) is 9.39. The third-order valence-corrected chi connectivity index (χ3v) is 5.56. The first-order chi connectivity index (χ1) is 12.1. The summed E-state index contributed by atoms with van der Waals surface area (Å²) in [7, 11) is 0. The Hall–Kier alpha value is -2.84. The standard InChI is InChI=1S/C17H13N5OS2/c1-9-8-24-17(20-9)22-15(23)14-13(18)10-5-6-12(21-16(10)25-14)11-4-2-3-7-19-11/h2-8H,18H2,1H3,(H,20,22,23). The fraction of sp³-hybridized carbons (Fsp3) is 0.0588. The van der Waals surface area contributed by atoms with Gasteiger partial charge in [-0.3, -0.25) is 15.1 Å². The highest BCUT2D eigenvalue weighted by Crippen LogP contribution is 2.34. The average molecular weight is 367 g/mol. The number of anilines is 2. The topological polar surface area (TPSA) is 93.8 Å². The van der Waals surface area contributed by atoms with Gasteiger partial charge in [0.1, 0.15) is 9.71 Å². The molecule has 4 heterocycles. The number of nitrogen functional groups attached to an aromatic ring is 1. The van der Waals surface area contributed by atoms with Gasteiger partial charge in [-0.2, -0.15) is 0 Å². The maximum Gasteiger partial charge on any atom is 0.269 e. The van der Waals surface area contributed by atoms with Crippen molar-refractivity contribution in [3.05, 3.63) is 52.5 Å². The number of carbonyl (C=O) groups is 1. The number of thiazole rings is 1. The Bertz CT molecular complexity index is 1070. The number of aromatic nitrogens is 3. The second kappa shape index (κ2) is 6.23. The molecule has 0 atom stereocenters. The van der Waals surface area contributed by atoms with Crippen LogP contribution in [-0.2, 0) is 0 Å². The van der Waals surface area contributed by atoms with Crippen LogP contribution in [0.4, 0.5) is 10.8 Å². The molecule has 0 fully saturated rings. The SMILES string of the molecule is Cc1csc(NC(=O)c2sc3nc(-c4ccccn4)ccc3c2N)n1. The van der Waals surface area contributed by atoms with Gasteiger partial charge in [0, 0.05) is 17.0 Å². The van der Waals surface area contributed by atoms with Crippen LogP contribution in [0.2, 0.25) is 0 Å². The van der Waals surface area contributed by atoms with Crippen molar-refractivity contribution in [1.82, 2.24) is 15.0 Å². The number of carbonyl (C=O) groups excluding carboxylic acids is 1. The van der Waals surface area contributed by atoms with Crippen molar-refractivity contribution in [1.29, 1.82) is 0 Å². The smallest absolute Gasteiger partial charge is 0.269 e. The van der Waals surface area contributed by atoms with Crippen molar-refractivity contribution in [3.8, 4) is 11.4 Å². The van der Waals surface area contributed by atoms with E-state index in [0.29, 0.717) is 20.5 Å². The minimum atomic E-state index is -0.269. The first kappa shape index (κ1) is 15.7. The number of fused-ring (bicyclic) bond motifs is 1. The zero-order valence-electron chi connectivity index (χ0n) is 13.2. The van der Waals surface area contributed by atoms with Crippen LogP contribution in [0.5, 0.6) is 0 Å². The largest absolute Gasteiger partial charge is 0.397 e. The van der Waals surface area contributed by atoms with Gasteiger partial charge in [-0.05, 0) is 31.2 Å². The van der Waals surface area contributed by atoms with Crippen molar-refractivity contribution in [2.45, 2.75) is 6.92 Å². The van der Waals surface area contributed by atoms with Gasteiger partial charge in [-0.15, -0.1) is 22.7 Å². The quantitative estimate of drug-likeness (QED) is 0.572. The highest BCUT2D eigenvalue weighted by Gasteiger charge is 2.19. The zero-order chi connectivity index (χ0) is 17.4. The molecular weight excluding hydrogens is 354 g/mol. The van der Waals surface area contributed by atoms with Crippen LogP contribution in [0, 0.1) is 6.92 Å². The van der Waals surface area contributed by atoms with Gasteiger partial charge in [0.25, 0.3) is 5.91 Å². The summed E-state index contributed by atoms with van der Waals surface area (Å²) in [6.07, 6.45) is 1.72. The molecule has 25 heavy (non-hydrogen) atoms. The number of hydrogen-bond donors (Lipinski definition) is 2. The van der Waals surface area contributed by atoms with Crippen LogP contribution in [-0.4, -0.2) is 20.9 Å². The summed E-state index contributed by atoms with van der Waals surface area (Å²) in [5.74, 6) is -0.269. The molecule has 4 aromatic rings. The Morgan fingerprint density at radius 2 is 2.04 bits per heavy atom. The van der Waals surface area contributed by atoms with Gasteiger partial charge < -0.3 is 5.73 Å². The minimum Gasteiger partial charge on any atom is -0.397 e. The van der Waals surface area contributed by atoms with Gasteiger partial charge in [0.15, 0.2) is 5.13 Å². The lowest BCUT2D eigenvalue weighted by Gasteiger charge is -2.00. The van der Waals surface area contributed by atoms with Gasteiger partial charge in [-0.25, -0.2) is 9.97 Å². The number of nitrogens with zero attached hydrogens (tertiary/aromatic N) is 3. The molecule has 0 saturated carbocycles. The summed E-state index contributed by atoms with van der Waals surface area (Å²) in [4.78, 5) is 26.8. The van der Waals surface area contributed by atoms with Crippen LogP contribution >= 0.6 is 22.7 Å². The Morgan fingerprint density at radius 1 is 1.16 bits per heavy atom. The van der Waals surface area contributed by atoms with Crippen LogP contribution in [0.3, 0.4) is 0 Å². The number of pyridine rings is 2. The number of amides is 1. The lowest BCUT2D eigenvalue weighted by molar-refractivity contribution is 0.103. The first-order valence-electron chi connectivity index (χ1n) is 7.46. The summed E-state index contributed by atoms with van der Waals surface area (Å²) in [5, 5.41) is 5.99. The van der Waals surface area contributed by atoms with E-state index in [1.165, 1.54) is 22.7 Å². The molecule has 0 aliphatic heterocycles. The molecule has 124 valence electrons. The Labute approximate surface area is 151 Å². The molecular formula is C17H13N5OS2. The van der Waals surface area contributed by atoms with E-state index in [9.17, 15) is 4.79 Å². The maximum absolute atomic E-state index is 12.5. The summed E-state index contributed by atoms with van der Waals surface area (Å²) < 4.78 is 0. The molecule has 0 bridgehead atoms. The summed E-state index contributed by atoms with van der Waals surface area (Å²) >= 11 is 2.65. The second-order valence-corrected chi connectivity index (χ2v) is 7.21. The van der Waals surface area contributed by atoms with Gasteiger partial charge in [-0.1, -0.05) is 6.07 Å². The molecule has 0 radical (unpaired) electrons. The van der Waals surface area contributed by atoms with Crippen LogP contribution < -0.4 is 11.1 Å². The number of thiophene rings is 1. The Balaban J connectivity index is 1.70. The molecule has 6 nitrogen and oxygen atoms in total. The van der Waals surface area contributed by atoms with Crippen LogP contribution in [0.25, 0.3) is 21.6 Å². The van der Waals surface area contributed by atoms with Gasteiger partial charge in [0.05, 0.1) is 22.8 Å². The van der Waals surface area contributed by atoms with Crippen LogP contribution in [0.15, 0.2) is 41.9 Å². The Morgan fingerprint density at radius 3 is 2.76 bits per heavy atom. The molecule has 4 aromatic heterocycles. The van der Waals surface area contributed by atoms with Crippen molar-refractivity contribution >= 4 is 49.6 Å². The lowest BCUT2D eigenvalue weighted by Crippen LogP contribution is -2.11. The van der Waals surface area contributed by atoms with Gasteiger partial charge >= 0.3 is 0 Å². The van der Waals surface area contributed by atoms with E-state index in [4.69, 9.17) is 5.73 Å². The fourth-order valence-corrected chi connectivity index (χ4v) is 4.06. The normalized spacial score (nSPS) is 10.9. The molecule has 3 N–H and O–H groups in total. The fourth-order valence-electron chi connectivity index (χ4n) is 2.39. The lowest BCUT2D eigenvalue weighted by atomic mass is 10.2. The highest BCUT2D eigenvalue weighted by molar-refractivity contribution is 7.21. The molecule has 0 saturated heterocycles. The predicted octanol–water partition coefficient (Wildman–Crippen LogP) is 3.96. The number of nitrogens with two attached hydrogens (primary N) is 1. The zero-order valence-corrected chi connectivity index (χ0v) is 14.8. The van der Waals surface area contributed by atoms with Crippen molar-refractivity contribution in [3.63, 3.8) is 0 Å². The number of rotatable bonds is 3. The van der Waals surface area contributed by atoms with E-state index in [1.54, 1.807) is 6.20 Å². The third kappa shape index (κ3) is 2.97. The van der Waals surface area contributed by atoms with Crippen LogP contribution in [0.1, 0.15) is 15.4 Å². The Kier molecular flexibility index (Phi) is 3.90. The molecule has 0 spiro atoms. The number of nitrogens with one attached hydrogen (secondary N) is 1. The predicted molar refractivity (Wildman–Crippen MR) is 102 cm³/mol. The van der Waals surface area contributed by atoms with E-state index in [1.807, 2.05) is 42.6 Å². The molecule has 1 amide bonds. The minimum absolute atomic E-state index is 0.269. The molecule has 8 heteroatoms. The number of aryl methyl sites for hydroxylation is 1. The summed E-state index contributed by atoms with van der Waals surface area (Å²) in [5.41, 5.74) is 8.99. The molecule has 0 unspecified atom stereocenters. The summed E-state index contributed by atoms with van der Waals surface area (Å²) in [6.45, 7) is 1.88. The monoisotopic (exact) mass is 367 g/mol. The average Bonchev–Trinajstić information content (AvgIpc) is 3.18. The molecule has 4 rings (SSSR count). The van der Waals surface area contributed by atoms with Crippen molar-refractivity contribution < 1.29 is 4.79 Å². The molecule has 0 aromatic carbocycles. The van der Waals surface area contributed by atoms with E-state index in [2.05, 4.69) is 20.3 Å². The molecule has 0 aliphatic rings. The van der Waals surface area contributed by atoms with E-state index < -0.39 is 0 Å². The van der Waals surface area contributed by atoms with E-state index in [-0.39, 0.29) is 5.91 Å². The first-order valence-corrected chi connectivity index (χ1v) is 9.15. The third-order valence-electron chi connectivity index (χ3n) is 3.57. The highest BCUT2D eigenvalue weighted by atomic mass is 32.1. The van der Waals surface area contributed by atoms with E-state index in [0.717, 1.165) is 22.5 Å². The van der Waals surface area contributed by atoms with Crippen molar-refractivity contribution in [2.24, 2.45) is 0 Å². The maximum atomic E-state index is 12.5. The van der Waals surface area contributed by atoms with Gasteiger partial charge in [0.2, 0.25) is 0 Å². The molecule has 0 aliphatic carbocycles. The van der Waals surface area contributed by atoms with E-state index >= 15 is 0 Å². The second-order valence-electron chi connectivity index (χ2n) is 5.36. The number of hydrogen-bond acceptors (Lipinski definition) is 7. The van der Waals surface area contributed by atoms with Crippen molar-refractivity contribution in [2.75, 3.05) is 11.1 Å².